The molecule has 0 saturated carbocycles. The van der Waals surface area contributed by atoms with Gasteiger partial charge in [-0.1, -0.05) is 49.4 Å². The molecule has 2 N–H and O–H groups in total. The van der Waals surface area contributed by atoms with Crippen LogP contribution in [0.25, 0.3) is 6.08 Å². The SMILES string of the molecule is C[C@H](CC1=CNCC=CC(n2cnc3c2C=CC(NS(C)(=O)=O)C3)=N1)c1ccccc1. The second-order valence-corrected chi connectivity index (χ2v) is 9.72. The lowest BCUT2D eigenvalue weighted by atomic mass is 9.96. The van der Waals surface area contributed by atoms with E-state index in [1.54, 1.807) is 6.33 Å². The van der Waals surface area contributed by atoms with Crippen molar-refractivity contribution in [2.45, 2.75) is 31.7 Å². The third-order valence-electron chi connectivity index (χ3n) is 5.31. The van der Waals surface area contributed by atoms with Gasteiger partial charge in [-0.2, -0.15) is 0 Å². The lowest BCUT2D eigenvalue weighted by Crippen LogP contribution is -2.35. The zero-order valence-electron chi connectivity index (χ0n) is 17.7. The van der Waals surface area contributed by atoms with Gasteiger partial charge in [-0.3, -0.25) is 4.57 Å². The molecule has 2 heterocycles. The molecule has 7 nitrogen and oxygen atoms in total. The highest BCUT2D eigenvalue weighted by Crippen LogP contribution is 2.25. The molecule has 2 aromatic rings. The number of aliphatic imine (C=N–C) groups is 1. The molecule has 1 aromatic heterocycles. The third-order valence-corrected chi connectivity index (χ3v) is 6.04. The lowest BCUT2D eigenvalue weighted by Gasteiger charge is -2.18. The van der Waals surface area contributed by atoms with Crippen molar-refractivity contribution in [2.75, 3.05) is 12.8 Å². The Hall–Kier alpha value is -2.97. The summed E-state index contributed by atoms with van der Waals surface area (Å²) in [5, 5.41) is 3.29. The average Bonchev–Trinajstić information content (AvgIpc) is 3.12. The van der Waals surface area contributed by atoms with Gasteiger partial charge in [0.25, 0.3) is 0 Å². The zero-order valence-corrected chi connectivity index (χ0v) is 18.5. The summed E-state index contributed by atoms with van der Waals surface area (Å²) < 4.78 is 27.7. The Bertz CT molecular complexity index is 1160. The molecule has 162 valence electrons. The minimum absolute atomic E-state index is 0.285. The third kappa shape index (κ3) is 5.39. The molecule has 0 bridgehead atoms. The normalized spacial score (nSPS) is 19.5. The van der Waals surface area contributed by atoms with Gasteiger partial charge >= 0.3 is 0 Å². The van der Waals surface area contributed by atoms with Crippen molar-refractivity contribution >= 4 is 21.9 Å². The van der Waals surface area contributed by atoms with Crippen molar-refractivity contribution in [3.8, 4) is 0 Å². The number of hydrogen-bond acceptors (Lipinski definition) is 5. The topological polar surface area (TPSA) is 88.4 Å². The number of fused-ring (bicyclic) bond motifs is 1. The number of nitrogens with zero attached hydrogens (tertiary/aromatic N) is 3. The van der Waals surface area contributed by atoms with Crippen LogP contribution in [0, 0.1) is 0 Å². The summed E-state index contributed by atoms with van der Waals surface area (Å²) in [5.74, 6) is 1.13. The van der Waals surface area contributed by atoms with Crippen LogP contribution in [0.15, 0.2) is 71.8 Å². The van der Waals surface area contributed by atoms with Crippen LogP contribution in [0.2, 0.25) is 0 Å². The molecule has 1 aliphatic heterocycles. The first-order valence-electron chi connectivity index (χ1n) is 10.3. The van der Waals surface area contributed by atoms with E-state index in [0.29, 0.717) is 12.3 Å². The van der Waals surface area contributed by atoms with Crippen molar-refractivity contribution in [3.05, 3.63) is 83.7 Å². The molecule has 1 unspecified atom stereocenters. The summed E-state index contributed by atoms with van der Waals surface area (Å²) in [6.07, 6.45) is 14.0. The molecule has 0 spiro atoms. The summed E-state index contributed by atoms with van der Waals surface area (Å²) in [6.45, 7) is 2.92. The van der Waals surface area contributed by atoms with E-state index in [4.69, 9.17) is 4.99 Å². The van der Waals surface area contributed by atoms with Crippen LogP contribution in [0.3, 0.4) is 0 Å². The summed E-state index contributed by atoms with van der Waals surface area (Å²) in [6, 6.07) is 10.1. The molecule has 0 fully saturated rings. The molecule has 2 atom stereocenters. The molecule has 1 aromatic carbocycles. The predicted molar refractivity (Wildman–Crippen MR) is 124 cm³/mol. The Morgan fingerprint density at radius 1 is 1.26 bits per heavy atom. The first-order chi connectivity index (χ1) is 14.9. The highest BCUT2D eigenvalue weighted by molar-refractivity contribution is 7.88. The summed E-state index contributed by atoms with van der Waals surface area (Å²) >= 11 is 0. The van der Waals surface area contributed by atoms with Crippen LogP contribution in [-0.4, -0.2) is 42.6 Å². The quantitative estimate of drug-likeness (QED) is 0.753. The first-order valence-corrected chi connectivity index (χ1v) is 12.2. The Kier molecular flexibility index (Phi) is 6.20. The summed E-state index contributed by atoms with van der Waals surface area (Å²) in [4.78, 5) is 9.46. The van der Waals surface area contributed by atoms with Crippen molar-refractivity contribution in [1.82, 2.24) is 19.6 Å². The van der Waals surface area contributed by atoms with E-state index in [1.807, 2.05) is 41.1 Å². The summed E-state index contributed by atoms with van der Waals surface area (Å²) in [7, 11) is -3.28. The van der Waals surface area contributed by atoms with Crippen LogP contribution in [-0.2, 0) is 16.4 Å². The number of allylic oxidation sites excluding steroid dienone is 2. The second-order valence-electron chi connectivity index (χ2n) is 7.94. The van der Waals surface area contributed by atoms with E-state index in [0.717, 1.165) is 35.9 Å². The van der Waals surface area contributed by atoms with E-state index >= 15 is 0 Å². The second kappa shape index (κ2) is 9.03. The minimum Gasteiger partial charge on any atom is -0.386 e. The van der Waals surface area contributed by atoms with E-state index < -0.39 is 10.0 Å². The number of hydrogen-bond donors (Lipinski definition) is 2. The smallest absolute Gasteiger partial charge is 0.209 e. The Labute approximate surface area is 183 Å². The van der Waals surface area contributed by atoms with Crippen LogP contribution >= 0.6 is 0 Å². The van der Waals surface area contributed by atoms with Gasteiger partial charge in [-0.15, -0.1) is 0 Å². The van der Waals surface area contributed by atoms with Gasteiger partial charge in [0.15, 0.2) is 0 Å². The number of aromatic nitrogens is 2. The highest BCUT2D eigenvalue weighted by atomic mass is 32.2. The van der Waals surface area contributed by atoms with Crippen molar-refractivity contribution in [1.29, 1.82) is 0 Å². The van der Waals surface area contributed by atoms with Gasteiger partial charge in [0, 0.05) is 25.2 Å². The number of imidazole rings is 1. The minimum atomic E-state index is -3.28. The Morgan fingerprint density at radius 3 is 2.84 bits per heavy atom. The molecule has 0 saturated heterocycles. The van der Waals surface area contributed by atoms with Gasteiger partial charge < -0.3 is 5.32 Å². The fraction of sp³-hybridized carbons (Fsp3) is 0.304. The number of benzene rings is 1. The van der Waals surface area contributed by atoms with E-state index in [-0.39, 0.29) is 6.04 Å². The van der Waals surface area contributed by atoms with Gasteiger partial charge in [0.2, 0.25) is 10.0 Å². The van der Waals surface area contributed by atoms with Crippen LogP contribution < -0.4 is 10.0 Å². The maximum absolute atomic E-state index is 11.6. The maximum Gasteiger partial charge on any atom is 0.209 e. The van der Waals surface area contributed by atoms with E-state index in [1.165, 1.54) is 11.8 Å². The van der Waals surface area contributed by atoms with Gasteiger partial charge in [-0.05, 0) is 30.1 Å². The lowest BCUT2D eigenvalue weighted by molar-refractivity contribution is 0.574. The molecule has 8 heteroatoms. The Morgan fingerprint density at radius 2 is 2.06 bits per heavy atom. The van der Waals surface area contributed by atoms with Gasteiger partial charge in [0.05, 0.1) is 23.3 Å². The largest absolute Gasteiger partial charge is 0.386 e. The molecule has 31 heavy (non-hydrogen) atoms. The maximum atomic E-state index is 11.6. The van der Waals surface area contributed by atoms with Gasteiger partial charge in [-0.25, -0.2) is 23.1 Å². The van der Waals surface area contributed by atoms with Crippen LogP contribution in [0.5, 0.6) is 0 Å². The van der Waals surface area contributed by atoms with E-state index in [9.17, 15) is 8.42 Å². The number of rotatable bonds is 5. The van der Waals surface area contributed by atoms with Crippen LogP contribution in [0.1, 0.15) is 36.2 Å². The molecule has 0 amide bonds. The molecular weight excluding hydrogens is 410 g/mol. The van der Waals surface area contributed by atoms with Crippen molar-refractivity contribution in [2.24, 2.45) is 4.99 Å². The molecule has 0 radical (unpaired) electrons. The standard InChI is InChI=1S/C23H27N5O2S/c1-17(18-7-4-3-5-8-18)13-20-15-24-12-6-9-23(26-20)28-16-25-21-14-19(10-11-22(21)28)27-31(2,29)30/h3-11,15-17,19,24,27H,12-14H2,1-2H3/t17-,19?/m1/s1. The average molecular weight is 438 g/mol. The van der Waals surface area contributed by atoms with E-state index in [2.05, 4.69) is 46.2 Å². The molecule has 2 aliphatic rings. The number of sulfonamides is 1. The molecule has 4 rings (SSSR count). The van der Waals surface area contributed by atoms with Crippen LogP contribution in [0.4, 0.5) is 0 Å². The fourth-order valence-electron chi connectivity index (χ4n) is 3.83. The Balaban J connectivity index is 1.59. The zero-order chi connectivity index (χ0) is 21.8. The van der Waals surface area contributed by atoms with Crippen molar-refractivity contribution in [3.63, 3.8) is 0 Å². The fourth-order valence-corrected chi connectivity index (χ4v) is 4.54. The predicted octanol–water partition coefficient (Wildman–Crippen LogP) is 2.81. The van der Waals surface area contributed by atoms with Gasteiger partial charge in [0.1, 0.15) is 12.2 Å². The monoisotopic (exact) mass is 437 g/mol. The first kappa shape index (κ1) is 21.3. The summed E-state index contributed by atoms with van der Waals surface area (Å²) in [5.41, 5.74) is 4.03. The molecule has 1 aliphatic carbocycles. The highest BCUT2D eigenvalue weighted by Gasteiger charge is 2.22. The molecular formula is C23H27N5O2S. The van der Waals surface area contributed by atoms with Crippen molar-refractivity contribution < 1.29 is 8.42 Å². The number of nitrogens with one attached hydrogen (secondary N) is 2.